The standard InChI is InChI=1S/C21H23NO/c1-21(2,3)22-15-18-14-19(16-10-6-4-7-11-16)23-20(18)17-12-8-5-9-13-17/h4-14,22H,15H2,1-3H3. The van der Waals surface area contributed by atoms with Crippen LogP contribution in [0.4, 0.5) is 0 Å². The molecule has 0 aliphatic rings. The number of nitrogens with one attached hydrogen (secondary N) is 1. The van der Waals surface area contributed by atoms with E-state index in [9.17, 15) is 0 Å². The lowest BCUT2D eigenvalue weighted by Crippen LogP contribution is -2.35. The van der Waals surface area contributed by atoms with Crippen molar-refractivity contribution < 1.29 is 4.42 Å². The SMILES string of the molecule is CC(C)(C)NCc1cc(-c2ccccc2)oc1-c1ccccc1. The van der Waals surface area contributed by atoms with Crippen molar-refractivity contribution in [2.75, 3.05) is 0 Å². The number of hydrogen-bond acceptors (Lipinski definition) is 2. The van der Waals surface area contributed by atoms with Gasteiger partial charge in [0.1, 0.15) is 11.5 Å². The van der Waals surface area contributed by atoms with Crippen molar-refractivity contribution in [1.29, 1.82) is 0 Å². The molecular formula is C21H23NO. The normalized spacial score (nSPS) is 11.6. The van der Waals surface area contributed by atoms with Gasteiger partial charge in [0.05, 0.1) is 0 Å². The molecule has 1 aromatic heterocycles. The number of hydrogen-bond donors (Lipinski definition) is 1. The van der Waals surface area contributed by atoms with E-state index < -0.39 is 0 Å². The molecule has 0 aliphatic carbocycles. The van der Waals surface area contributed by atoms with Crippen LogP contribution in [0, 0.1) is 0 Å². The summed E-state index contributed by atoms with van der Waals surface area (Å²) in [4.78, 5) is 0. The number of furan rings is 1. The maximum Gasteiger partial charge on any atom is 0.139 e. The Hall–Kier alpha value is -2.32. The lowest BCUT2D eigenvalue weighted by molar-refractivity contribution is 0.423. The first-order valence-corrected chi connectivity index (χ1v) is 8.01. The van der Waals surface area contributed by atoms with E-state index >= 15 is 0 Å². The third kappa shape index (κ3) is 3.91. The molecule has 2 aromatic carbocycles. The summed E-state index contributed by atoms with van der Waals surface area (Å²) in [5, 5.41) is 3.55. The highest BCUT2D eigenvalue weighted by molar-refractivity contribution is 5.68. The van der Waals surface area contributed by atoms with E-state index in [1.807, 2.05) is 36.4 Å². The molecular weight excluding hydrogens is 282 g/mol. The smallest absolute Gasteiger partial charge is 0.139 e. The molecule has 0 aliphatic heterocycles. The molecule has 0 bridgehead atoms. The molecule has 1 heterocycles. The van der Waals surface area contributed by atoms with Crippen molar-refractivity contribution >= 4 is 0 Å². The Labute approximate surface area is 138 Å². The van der Waals surface area contributed by atoms with Crippen LogP contribution in [-0.4, -0.2) is 5.54 Å². The third-order valence-electron chi connectivity index (χ3n) is 3.71. The van der Waals surface area contributed by atoms with E-state index in [0.717, 1.165) is 29.2 Å². The average Bonchev–Trinajstić information content (AvgIpc) is 2.98. The minimum atomic E-state index is 0.0676. The topological polar surface area (TPSA) is 25.2 Å². The van der Waals surface area contributed by atoms with Gasteiger partial charge >= 0.3 is 0 Å². The summed E-state index contributed by atoms with van der Waals surface area (Å²) < 4.78 is 6.21. The summed E-state index contributed by atoms with van der Waals surface area (Å²) in [6, 6.07) is 22.7. The molecule has 0 atom stereocenters. The van der Waals surface area contributed by atoms with Gasteiger partial charge in [-0.15, -0.1) is 0 Å². The average molecular weight is 305 g/mol. The molecule has 0 saturated heterocycles. The molecule has 1 N–H and O–H groups in total. The van der Waals surface area contributed by atoms with E-state index in [1.165, 1.54) is 5.56 Å². The van der Waals surface area contributed by atoms with Crippen LogP contribution in [0.2, 0.25) is 0 Å². The fourth-order valence-corrected chi connectivity index (χ4v) is 2.50. The van der Waals surface area contributed by atoms with Crippen LogP contribution in [0.25, 0.3) is 22.6 Å². The summed E-state index contributed by atoms with van der Waals surface area (Å²) in [5.74, 6) is 1.86. The highest BCUT2D eigenvalue weighted by atomic mass is 16.3. The molecule has 0 amide bonds. The summed E-state index contributed by atoms with van der Waals surface area (Å²) >= 11 is 0. The Bertz CT molecular complexity index is 752. The van der Waals surface area contributed by atoms with E-state index in [4.69, 9.17) is 4.42 Å². The van der Waals surface area contributed by atoms with E-state index in [0.29, 0.717) is 0 Å². The van der Waals surface area contributed by atoms with Crippen LogP contribution in [0.1, 0.15) is 26.3 Å². The Kier molecular flexibility index (Phi) is 4.35. The van der Waals surface area contributed by atoms with Crippen molar-refractivity contribution in [3.8, 4) is 22.6 Å². The van der Waals surface area contributed by atoms with Crippen LogP contribution < -0.4 is 5.32 Å². The van der Waals surface area contributed by atoms with Crippen LogP contribution in [0.5, 0.6) is 0 Å². The Morgan fingerprint density at radius 3 is 1.96 bits per heavy atom. The minimum absolute atomic E-state index is 0.0676. The molecule has 118 valence electrons. The lowest BCUT2D eigenvalue weighted by Gasteiger charge is -2.20. The highest BCUT2D eigenvalue weighted by Crippen LogP contribution is 2.32. The van der Waals surface area contributed by atoms with Gasteiger partial charge in [0.15, 0.2) is 0 Å². The zero-order valence-electron chi connectivity index (χ0n) is 14.0. The van der Waals surface area contributed by atoms with Gasteiger partial charge in [0.25, 0.3) is 0 Å². The van der Waals surface area contributed by atoms with Gasteiger partial charge in [0, 0.05) is 28.8 Å². The molecule has 0 saturated carbocycles. The van der Waals surface area contributed by atoms with Crippen molar-refractivity contribution in [1.82, 2.24) is 5.32 Å². The first kappa shape index (κ1) is 15.6. The summed E-state index contributed by atoms with van der Waals surface area (Å²) in [6.07, 6.45) is 0. The predicted molar refractivity (Wildman–Crippen MR) is 96.2 cm³/mol. The monoisotopic (exact) mass is 305 g/mol. The summed E-state index contributed by atoms with van der Waals surface area (Å²) in [5.41, 5.74) is 3.47. The molecule has 2 heteroatoms. The van der Waals surface area contributed by atoms with E-state index in [2.05, 4.69) is 56.4 Å². The van der Waals surface area contributed by atoms with E-state index in [-0.39, 0.29) is 5.54 Å². The predicted octanol–water partition coefficient (Wildman–Crippen LogP) is 5.50. The quantitative estimate of drug-likeness (QED) is 0.688. The first-order chi connectivity index (χ1) is 11.0. The highest BCUT2D eigenvalue weighted by Gasteiger charge is 2.16. The van der Waals surface area contributed by atoms with Crippen molar-refractivity contribution in [3.05, 3.63) is 72.3 Å². The van der Waals surface area contributed by atoms with Crippen molar-refractivity contribution in [2.45, 2.75) is 32.9 Å². The molecule has 0 unspecified atom stereocenters. The molecule has 23 heavy (non-hydrogen) atoms. The fourth-order valence-electron chi connectivity index (χ4n) is 2.50. The Balaban J connectivity index is 2.00. The van der Waals surface area contributed by atoms with Gasteiger partial charge < -0.3 is 9.73 Å². The number of rotatable bonds is 4. The van der Waals surface area contributed by atoms with Crippen LogP contribution in [0.3, 0.4) is 0 Å². The van der Waals surface area contributed by atoms with Crippen LogP contribution in [0.15, 0.2) is 71.1 Å². The molecule has 3 aromatic rings. The fraction of sp³-hybridized carbons (Fsp3) is 0.238. The van der Waals surface area contributed by atoms with Crippen molar-refractivity contribution in [3.63, 3.8) is 0 Å². The minimum Gasteiger partial charge on any atom is -0.456 e. The maximum absolute atomic E-state index is 6.21. The second kappa shape index (κ2) is 6.43. The Morgan fingerprint density at radius 1 is 0.826 bits per heavy atom. The number of benzene rings is 2. The summed E-state index contributed by atoms with van der Waals surface area (Å²) in [7, 11) is 0. The van der Waals surface area contributed by atoms with E-state index in [1.54, 1.807) is 0 Å². The first-order valence-electron chi connectivity index (χ1n) is 8.01. The zero-order valence-corrected chi connectivity index (χ0v) is 14.0. The van der Waals surface area contributed by atoms with Gasteiger partial charge in [-0.25, -0.2) is 0 Å². The van der Waals surface area contributed by atoms with Gasteiger partial charge in [-0.2, -0.15) is 0 Å². The van der Waals surface area contributed by atoms with Crippen LogP contribution >= 0.6 is 0 Å². The van der Waals surface area contributed by atoms with Gasteiger partial charge in [0.2, 0.25) is 0 Å². The largest absolute Gasteiger partial charge is 0.456 e. The van der Waals surface area contributed by atoms with Gasteiger partial charge in [-0.05, 0) is 26.8 Å². The molecule has 3 rings (SSSR count). The zero-order chi connectivity index (χ0) is 16.3. The second-order valence-corrected chi connectivity index (χ2v) is 6.80. The van der Waals surface area contributed by atoms with Crippen LogP contribution in [-0.2, 0) is 6.54 Å². The maximum atomic E-state index is 6.21. The molecule has 0 radical (unpaired) electrons. The second-order valence-electron chi connectivity index (χ2n) is 6.80. The van der Waals surface area contributed by atoms with Crippen molar-refractivity contribution in [2.24, 2.45) is 0 Å². The molecule has 0 fully saturated rings. The summed E-state index contributed by atoms with van der Waals surface area (Å²) in [6.45, 7) is 7.30. The van der Waals surface area contributed by atoms with Gasteiger partial charge in [-0.1, -0.05) is 60.7 Å². The molecule has 2 nitrogen and oxygen atoms in total. The third-order valence-corrected chi connectivity index (χ3v) is 3.71. The molecule has 0 spiro atoms. The lowest BCUT2D eigenvalue weighted by atomic mass is 10.1. The Morgan fingerprint density at radius 2 is 1.39 bits per heavy atom. The van der Waals surface area contributed by atoms with Gasteiger partial charge in [-0.3, -0.25) is 0 Å².